The van der Waals surface area contributed by atoms with Crippen molar-refractivity contribution >= 4 is 17.6 Å². The van der Waals surface area contributed by atoms with E-state index in [-0.39, 0.29) is 0 Å². The quantitative estimate of drug-likeness (QED) is 0.729. The van der Waals surface area contributed by atoms with Crippen LogP contribution in [-0.2, 0) is 4.79 Å². The molecule has 1 heterocycles. The number of hydrogen-bond acceptors (Lipinski definition) is 4. The Morgan fingerprint density at radius 3 is 2.32 bits per heavy atom. The second kappa shape index (κ2) is 6.62. The van der Waals surface area contributed by atoms with Crippen LogP contribution in [0.5, 0.6) is 0 Å². The van der Waals surface area contributed by atoms with Gasteiger partial charge in [0.1, 0.15) is 0 Å². The van der Waals surface area contributed by atoms with E-state index in [4.69, 9.17) is 9.90 Å². The highest BCUT2D eigenvalue weighted by Gasteiger charge is 2.38. The number of nitrogens with zero attached hydrogens (tertiary/aromatic N) is 1. The Kier molecular flexibility index (Phi) is 5.16. The molecule has 0 bridgehead atoms. The normalized spacial score (nSPS) is 13.7. The average molecular weight is 275 g/mol. The summed E-state index contributed by atoms with van der Waals surface area (Å²) in [6, 6.07) is 10.0. The van der Waals surface area contributed by atoms with Crippen LogP contribution in [0.15, 0.2) is 35.3 Å². The maximum absolute atomic E-state index is 10.6. The molecule has 0 amide bonds. The number of carboxylic acids is 1. The van der Waals surface area contributed by atoms with Gasteiger partial charge in [0.25, 0.3) is 0 Å². The Hall–Kier alpha value is -2.25. The Bertz CT molecular complexity index is 446. The van der Waals surface area contributed by atoms with Crippen LogP contribution in [0.25, 0.3) is 0 Å². The van der Waals surface area contributed by atoms with Gasteiger partial charge in [0.05, 0.1) is 6.54 Å². The third-order valence-corrected chi connectivity index (χ3v) is 1.95. The monoisotopic (exact) mass is 275 g/mol. The number of benzene rings is 1. The summed E-state index contributed by atoms with van der Waals surface area (Å²) in [6.45, 7) is 1.81. The lowest BCUT2D eigenvalue weighted by molar-refractivity contribution is -0.192. The minimum Gasteiger partial charge on any atom is -0.475 e. The summed E-state index contributed by atoms with van der Waals surface area (Å²) in [6.07, 6.45) is -5.08. The van der Waals surface area contributed by atoms with Crippen molar-refractivity contribution in [1.29, 1.82) is 0 Å². The lowest BCUT2D eigenvalue weighted by atomic mass is 10.3. The molecule has 0 saturated heterocycles. The molecule has 1 aliphatic heterocycles. The summed E-state index contributed by atoms with van der Waals surface area (Å²) < 4.78 is 31.7. The zero-order valence-corrected chi connectivity index (χ0v) is 9.74. The highest BCUT2D eigenvalue weighted by Crippen LogP contribution is 2.13. The molecule has 104 valence electrons. The van der Waals surface area contributed by atoms with Gasteiger partial charge in [-0.15, -0.1) is 0 Å². The van der Waals surface area contributed by atoms with E-state index in [9.17, 15) is 13.2 Å². The van der Waals surface area contributed by atoms with Crippen molar-refractivity contribution in [2.75, 3.05) is 18.4 Å². The average Bonchev–Trinajstić information content (AvgIpc) is 2.83. The van der Waals surface area contributed by atoms with Crippen molar-refractivity contribution in [3.63, 3.8) is 0 Å². The van der Waals surface area contributed by atoms with Crippen molar-refractivity contribution < 1.29 is 23.1 Å². The van der Waals surface area contributed by atoms with Gasteiger partial charge in [0.2, 0.25) is 0 Å². The summed E-state index contributed by atoms with van der Waals surface area (Å²) in [7, 11) is 0. The molecule has 0 spiro atoms. The summed E-state index contributed by atoms with van der Waals surface area (Å²) in [5.74, 6) is -1.88. The van der Waals surface area contributed by atoms with Crippen molar-refractivity contribution in [1.82, 2.24) is 5.32 Å². The number of hydrogen-bond donors (Lipinski definition) is 3. The summed E-state index contributed by atoms with van der Waals surface area (Å²) in [4.78, 5) is 13.1. The molecule has 1 aliphatic rings. The molecule has 0 aliphatic carbocycles. The van der Waals surface area contributed by atoms with E-state index in [1.54, 1.807) is 0 Å². The summed E-state index contributed by atoms with van der Waals surface area (Å²) in [5, 5.41) is 13.4. The maximum Gasteiger partial charge on any atom is 0.490 e. The van der Waals surface area contributed by atoms with Crippen LogP contribution in [-0.4, -0.2) is 36.3 Å². The van der Waals surface area contributed by atoms with Crippen molar-refractivity contribution in [2.45, 2.75) is 6.18 Å². The van der Waals surface area contributed by atoms with Gasteiger partial charge in [-0.05, 0) is 12.1 Å². The van der Waals surface area contributed by atoms with Crippen molar-refractivity contribution in [3.05, 3.63) is 30.3 Å². The van der Waals surface area contributed by atoms with E-state index in [0.29, 0.717) is 0 Å². The third-order valence-electron chi connectivity index (χ3n) is 1.95. The number of alkyl halides is 3. The molecule has 0 unspecified atom stereocenters. The number of halogens is 3. The number of aliphatic imine (C=N–C) groups is 1. The molecular formula is C11H12F3N3O2. The molecule has 0 aromatic heterocycles. The standard InChI is InChI=1S/C9H11N3.C2HF3O2/c1-2-4-8(5-3-1)12-9-10-6-7-11-9;3-2(4,5)1(6)7/h1-5H,6-7H2,(H2,10,11,12);(H,6,7). The molecule has 5 nitrogen and oxygen atoms in total. The van der Waals surface area contributed by atoms with E-state index < -0.39 is 12.1 Å². The lowest BCUT2D eigenvalue weighted by Crippen LogP contribution is -2.26. The number of rotatable bonds is 1. The zero-order chi connectivity index (χ0) is 14.3. The molecule has 0 saturated carbocycles. The third kappa shape index (κ3) is 5.75. The second-order valence-corrected chi connectivity index (χ2v) is 3.45. The summed E-state index contributed by atoms with van der Waals surface area (Å²) >= 11 is 0. The van der Waals surface area contributed by atoms with Crippen LogP contribution in [0.3, 0.4) is 0 Å². The molecule has 1 aromatic carbocycles. The van der Waals surface area contributed by atoms with Gasteiger partial charge < -0.3 is 15.7 Å². The molecule has 19 heavy (non-hydrogen) atoms. The van der Waals surface area contributed by atoms with Gasteiger partial charge in [-0.1, -0.05) is 18.2 Å². The van der Waals surface area contributed by atoms with Crippen LogP contribution >= 0.6 is 0 Å². The molecule has 3 N–H and O–H groups in total. The smallest absolute Gasteiger partial charge is 0.475 e. The van der Waals surface area contributed by atoms with Gasteiger partial charge in [-0.25, -0.2) is 4.79 Å². The van der Waals surface area contributed by atoms with Gasteiger partial charge in [-0.2, -0.15) is 13.2 Å². The number of anilines is 1. The zero-order valence-electron chi connectivity index (χ0n) is 9.74. The van der Waals surface area contributed by atoms with E-state index in [1.165, 1.54) is 0 Å². The van der Waals surface area contributed by atoms with Crippen molar-refractivity contribution in [2.24, 2.45) is 4.99 Å². The number of guanidine groups is 1. The van der Waals surface area contributed by atoms with Crippen LogP contribution in [0.4, 0.5) is 18.9 Å². The van der Waals surface area contributed by atoms with Crippen LogP contribution in [0, 0.1) is 0 Å². The highest BCUT2D eigenvalue weighted by molar-refractivity contribution is 5.94. The Labute approximate surface area is 107 Å². The fraction of sp³-hybridized carbons (Fsp3) is 0.273. The predicted molar refractivity (Wildman–Crippen MR) is 64.1 cm³/mol. The first-order chi connectivity index (χ1) is 8.89. The van der Waals surface area contributed by atoms with Crippen LogP contribution < -0.4 is 10.6 Å². The first-order valence-corrected chi connectivity index (χ1v) is 5.30. The topological polar surface area (TPSA) is 73.7 Å². The Morgan fingerprint density at radius 1 is 1.32 bits per heavy atom. The first kappa shape index (κ1) is 14.8. The number of carboxylic acid groups (broad SMARTS) is 1. The van der Waals surface area contributed by atoms with Gasteiger partial charge >= 0.3 is 12.1 Å². The fourth-order valence-electron chi connectivity index (χ4n) is 1.14. The molecule has 1 aromatic rings. The number of carbonyl (C=O) groups is 1. The minimum atomic E-state index is -5.08. The van der Waals surface area contributed by atoms with E-state index in [2.05, 4.69) is 15.6 Å². The molecule has 8 heteroatoms. The van der Waals surface area contributed by atoms with E-state index >= 15 is 0 Å². The fourth-order valence-corrected chi connectivity index (χ4v) is 1.14. The Balaban J connectivity index is 0.000000224. The van der Waals surface area contributed by atoms with E-state index in [0.717, 1.165) is 24.7 Å². The lowest BCUT2D eigenvalue weighted by Gasteiger charge is -2.04. The number of para-hydroxylation sites is 1. The van der Waals surface area contributed by atoms with Crippen LogP contribution in [0.2, 0.25) is 0 Å². The maximum atomic E-state index is 10.6. The van der Waals surface area contributed by atoms with Gasteiger partial charge in [-0.3, -0.25) is 4.99 Å². The molecule has 0 atom stereocenters. The summed E-state index contributed by atoms with van der Waals surface area (Å²) in [5.41, 5.74) is 1.07. The first-order valence-electron chi connectivity index (χ1n) is 5.30. The number of aliphatic carboxylic acids is 1. The van der Waals surface area contributed by atoms with Crippen LogP contribution in [0.1, 0.15) is 0 Å². The molecule has 0 radical (unpaired) electrons. The molecular weight excluding hydrogens is 263 g/mol. The second-order valence-electron chi connectivity index (χ2n) is 3.45. The van der Waals surface area contributed by atoms with E-state index in [1.807, 2.05) is 30.3 Å². The SMILES string of the molecule is O=C(O)C(F)(F)F.c1ccc(NC2=NCCN2)cc1. The molecule has 0 fully saturated rings. The highest BCUT2D eigenvalue weighted by atomic mass is 19.4. The van der Waals surface area contributed by atoms with Crippen molar-refractivity contribution in [3.8, 4) is 0 Å². The molecule has 2 rings (SSSR count). The predicted octanol–water partition coefficient (Wildman–Crippen LogP) is 1.69. The Morgan fingerprint density at radius 2 is 1.89 bits per heavy atom. The van der Waals surface area contributed by atoms with Gasteiger partial charge in [0, 0.05) is 12.2 Å². The number of nitrogens with one attached hydrogen (secondary N) is 2. The van der Waals surface area contributed by atoms with Gasteiger partial charge in [0.15, 0.2) is 5.96 Å². The largest absolute Gasteiger partial charge is 0.490 e. The minimum absolute atomic E-state index is 0.870.